The first-order valence-electron chi connectivity index (χ1n) is 6.10. The lowest BCUT2D eigenvalue weighted by Gasteiger charge is -2.30. The highest BCUT2D eigenvalue weighted by Crippen LogP contribution is 2.22. The smallest absolute Gasteiger partial charge is 0.239 e. The highest BCUT2D eigenvalue weighted by atomic mass is 16.3. The average molecular weight is 273 g/mol. The summed E-state index contributed by atoms with van der Waals surface area (Å²) in [6.45, 7) is 2.85. The van der Waals surface area contributed by atoms with Crippen LogP contribution in [0, 0.1) is 5.41 Å². The Labute approximate surface area is 113 Å². The highest BCUT2D eigenvalue weighted by Gasteiger charge is 2.33. The first-order valence-corrected chi connectivity index (χ1v) is 6.10. The van der Waals surface area contributed by atoms with Crippen LogP contribution in [0.4, 0.5) is 0 Å². The minimum atomic E-state index is -0.823. The quantitative estimate of drug-likeness (QED) is 0.538. The topological polar surface area (TPSA) is 98.7 Å². The number of rotatable bonds is 7. The first kappa shape index (κ1) is 17.4. The summed E-state index contributed by atoms with van der Waals surface area (Å²) in [7, 11) is 2.92. The minimum Gasteiger partial charge on any atom is -0.396 e. The van der Waals surface area contributed by atoms with E-state index in [9.17, 15) is 14.4 Å². The molecule has 0 aromatic rings. The molecule has 7 nitrogen and oxygen atoms in total. The van der Waals surface area contributed by atoms with E-state index in [0.29, 0.717) is 0 Å². The van der Waals surface area contributed by atoms with Crippen molar-refractivity contribution in [3.8, 4) is 0 Å². The molecule has 110 valence electrons. The second kappa shape index (κ2) is 7.73. The molecule has 3 N–H and O–H groups in total. The summed E-state index contributed by atoms with van der Waals surface area (Å²) in [5.41, 5.74) is -0.823. The van der Waals surface area contributed by atoms with Gasteiger partial charge in [0.25, 0.3) is 0 Å². The molecule has 0 saturated heterocycles. The van der Waals surface area contributed by atoms with Crippen molar-refractivity contribution in [2.45, 2.75) is 20.3 Å². The molecule has 0 atom stereocenters. The van der Waals surface area contributed by atoms with Gasteiger partial charge in [0, 0.05) is 26.1 Å². The number of aliphatic hydroxyl groups is 1. The third kappa shape index (κ3) is 5.69. The van der Waals surface area contributed by atoms with Crippen LogP contribution >= 0.6 is 0 Å². The van der Waals surface area contributed by atoms with Crippen molar-refractivity contribution in [2.24, 2.45) is 5.41 Å². The van der Waals surface area contributed by atoms with Gasteiger partial charge >= 0.3 is 0 Å². The van der Waals surface area contributed by atoms with Crippen molar-refractivity contribution in [1.29, 1.82) is 0 Å². The van der Waals surface area contributed by atoms with Gasteiger partial charge in [0.1, 0.15) is 13.1 Å². The molecule has 0 unspecified atom stereocenters. The Hall–Kier alpha value is -1.63. The monoisotopic (exact) mass is 273 g/mol. The fraction of sp³-hybridized carbons (Fsp3) is 0.750. The van der Waals surface area contributed by atoms with E-state index in [2.05, 4.69) is 10.6 Å². The molecule has 3 amide bonds. The predicted molar refractivity (Wildman–Crippen MR) is 70.2 cm³/mol. The maximum absolute atomic E-state index is 12.3. The number of carbonyl (C=O) groups is 3. The van der Waals surface area contributed by atoms with Crippen LogP contribution in [0.15, 0.2) is 0 Å². The van der Waals surface area contributed by atoms with Crippen molar-refractivity contribution in [3.63, 3.8) is 0 Å². The molecule has 0 aromatic heterocycles. The van der Waals surface area contributed by atoms with E-state index >= 15 is 0 Å². The molecule has 0 fully saturated rings. The maximum atomic E-state index is 12.3. The van der Waals surface area contributed by atoms with Crippen molar-refractivity contribution in [2.75, 3.05) is 33.8 Å². The van der Waals surface area contributed by atoms with Crippen LogP contribution in [0.25, 0.3) is 0 Å². The zero-order chi connectivity index (χ0) is 15.1. The maximum Gasteiger partial charge on any atom is 0.239 e. The summed E-state index contributed by atoms with van der Waals surface area (Å²) in [6, 6.07) is 0. The number of hydrogen-bond donors (Lipinski definition) is 3. The number of nitrogens with one attached hydrogen (secondary N) is 2. The van der Waals surface area contributed by atoms with Crippen molar-refractivity contribution in [3.05, 3.63) is 0 Å². The Morgan fingerprint density at radius 2 is 1.47 bits per heavy atom. The molecule has 0 bridgehead atoms. The second-order valence-corrected chi connectivity index (χ2v) is 4.87. The lowest BCUT2D eigenvalue weighted by Crippen LogP contribution is -2.49. The summed E-state index contributed by atoms with van der Waals surface area (Å²) in [5, 5.41) is 13.8. The zero-order valence-corrected chi connectivity index (χ0v) is 11.9. The molecule has 0 heterocycles. The molecule has 19 heavy (non-hydrogen) atoms. The van der Waals surface area contributed by atoms with Gasteiger partial charge in [-0.1, -0.05) is 13.8 Å². The van der Waals surface area contributed by atoms with Crippen LogP contribution in [0.3, 0.4) is 0 Å². The molecule has 0 rings (SSSR count). The molecule has 0 saturated carbocycles. The summed E-state index contributed by atoms with van der Waals surface area (Å²) in [6.07, 6.45) is 0.268. The van der Waals surface area contributed by atoms with Gasteiger partial charge in [-0.05, 0) is 6.42 Å². The van der Waals surface area contributed by atoms with Crippen LogP contribution in [0.2, 0.25) is 0 Å². The lowest BCUT2D eigenvalue weighted by atomic mass is 9.88. The predicted octanol–water partition coefficient (Wildman–Crippen LogP) is -1.28. The Morgan fingerprint density at radius 3 is 1.79 bits per heavy atom. The molecule has 0 aliphatic carbocycles. The standard InChI is InChI=1S/C12H23N3O4/c1-12(2,5-6-16)11(19)15(7-9(17)13-3)8-10(18)14-4/h16H,5-8H2,1-4H3,(H,13,17)(H,14,18). The van der Waals surface area contributed by atoms with Crippen molar-refractivity contribution in [1.82, 2.24) is 15.5 Å². The van der Waals surface area contributed by atoms with Crippen LogP contribution in [-0.4, -0.2) is 61.5 Å². The SMILES string of the molecule is CNC(=O)CN(CC(=O)NC)C(=O)C(C)(C)CCO. The van der Waals surface area contributed by atoms with E-state index in [1.807, 2.05) is 0 Å². The van der Waals surface area contributed by atoms with Crippen LogP contribution in [0.1, 0.15) is 20.3 Å². The molecule has 0 spiro atoms. The van der Waals surface area contributed by atoms with E-state index in [0.717, 1.165) is 0 Å². The van der Waals surface area contributed by atoms with Gasteiger partial charge in [-0.2, -0.15) is 0 Å². The van der Waals surface area contributed by atoms with Gasteiger partial charge in [-0.15, -0.1) is 0 Å². The normalized spacial score (nSPS) is 10.8. The summed E-state index contributed by atoms with van der Waals surface area (Å²) in [4.78, 5) is 36.3. The summed E-state index contributed by atoms with van der Waals surface area (Å²) in [5.74, 6) is -1.04. The lowest BCUT2D eigenvalue weighted by molar-refractivity contribution is -0.146. The van der Waals surface area contributed by atoms with Gasteiger partial charge in [0.05, 0.1) is 0 Å². The van der Waals surface area contributed by atoms with E-state index < -0.39 is 5.41 Å². The highest BCUT2D eigenvalue weighted by molar-refractivity contribution is 5.91. The van der Waals surface area contributed by atoms with Crippen molar-refractivity contribution < 1.29 is 19.5 Å². The van der Waals surface area contributed by atoms with Crippen LogP contribution in [0.5, 0.6) is 0 Å². The zero-order valence-electron chi connectivity index (χ0n) is 11.9. The van der Waals surface area contributed by atoms with Crippen LogP contribution < -0.4 is 10.6 Å². The molecule has 0 aliphatic heterocycles. The number of likely N-dealkylation sites (N-methyl/N-ethyl adjacent to an activating group) is 2. The largest absolute Gasteiger partial charge is 0.396 e. The number of amides is 3. The Morgan fingerprint density at radius 1 is 1.05 bits per heavy atom. The Balaban J connectivity index is 4.95. The van der Waals surface area contributed by atoms with Gasteiger partial charge in [-0.25, -0.2) is 0 Å². The van der Waals surface area contributed by atoms with Crippen LogP contribution in [-0.2, 0) is 14.4 Å². The second-order valence-electron chi connectivity index (χ2n) is 4.87. The van der Waals surface area contributed by atoms with E-state index in [1.54, 1.807) is 13.8 Å². The van der Waals surface area contributed by atoms with Crippen molar-refractivity contribution >= 4 is 17.7 Å². The van der Waals surface area contributed by atoms with Gasteiger partial charge in [0.2, 0.25) is 17.7 Å². The molecular weight excluding hydrogens is 250 g/mol. The van der Waals surface area contributed by atoms with Gasteiger partial charge in [-0.3, -0.25) is 14.4 Å². The third-order valence-corrected chi connectivity index (χ3v) is 2.83. The Bertz CT molecular complexity index is 324. The number of carbonyl (C=O) groups excluding carboxylic acids is 3. The van der Waals surface area contributed by atoms with Gasteiger partial charge in [0.15, 0.2) is 0 Å². The first-order chi connectivity index (χ1) is 8.78. The summed E-state index contributed by atoms with van der Waals surface area (Å²) < 4.78 is 0. The molecular formula is C12H23N3O4. The summed E-state index contributed by atoms with van der Waals surface area (Å²) >= 11 is 0. The third-order valence-electron chi connectivity index (χ3n) is 2.83. The number of hydrogen-bond acceptors (Lipinski definition) is 4. The number of nitrogens with zero attached hydrogens (tertiary/aromatic N) is 1. The fourth-order valence-electron chi connectivity index (χ4n) is 1.52. The van der Waals surface area contributed by atoms with E-state index in [4.69, 9.17) is 5.11 Å². The van der Waals surface area contributed by atoms with Gasteiger partial charge < -0.3 is 20.6 Å². The fourth-order valence-corrected chi connectivity index (χ4v) is 1.52. The van der Waals surface area contributed by atoms with E-state index in [-0.39, 0.29) is 43.8 Å². The molecule has 0 aromatic carbocycles. The average Bonchev–Trinajstić information content (AvgIpc) is 2.36. The molecule has 7 heteroatoms. The minimum absolute atomic E-state index is 0.132. The van der Waals surface area contributed by atoms with E-state index in [1.165, 1.54) is 19.0 Å². The number of aliphatic hydroxyl groups excluding tert-OH is 1. The Kier molecular flexibility index (Phi) is 7.06. The molecule has 0 aliphatic rings. The molecule has 0 radical (unpaired) electrons.